The van der Waals surface area contributed by atoms with Crippen LogP contribution in [0.5, 0.6) is 0 Å². The van der Waals surface area contributed by atoms with Gasteiger partial charge in [0.25, 0.3) is 0 Å². The van der Waals surface area contributed by atoms with Crippen LogP contribution in [0.1, 0.15) is 12.0 Å². The van der Waals surface area contributed by atoms with Crippen molar-refractivity contribution in [1.82, 2.24) is 19.6 Å². The normalized spacial score (nSPS) is 16.2. The molecule has 0 atom stereocenters. The molecule has 29 heavy (non-hydrogen) atoms. The molecule has 158 valence electrons. The number of sulfonamides is 1. The molecule has 7 nitrogen and oxygen atoms in total. The lowest BCUT2D eigenvalue weighted by Crippen LogP contribution is -2.47. The van der Waals surface area contributed by atoms with Crippen molar-refractivity contribution in [3.63, 3.8) is 0 Å². The van der Waals surface area contributed by atoms with Gasteiger partial charge in [0.1, 0.15) is 0 Å². The summed E-state index contributed by atoms with van der Waals surface area (Å²) in [4.78, 5) is 12.0. The largest absolute Gasteiger partial charge is 0.417 e. The Hall–Kier alpha value is -2.24. The molecule has 0 unspecified atom stereocenters. The van der Waals surface area contributed by atoms with Crippen LogP contribution in [0.25, 0.3) is 0 Å². The smallest absolute Gasteiger partial charge is 0.338 e. The Labute approximate surface area is 167 Å². The van der Waals surface area contributed by atoms with Crippen LogP contribution in [0, 0.1) is 0 Å². The fourth-order valence-electron chi connectivity index (χ4n) is 3.15. The van der Waals surface area contributed by atoms with E-state index in [0.29, 0.717) is 18.9 Å². The van der Waals surface area contributed by atoms with Crippen molar-refractivity contribution in [1.29, 1.82) is 0 Å². The number of alkyl halides is 3. The van der Waals surface area contributed by atoms with Gasteiger partial charge in [0.2, 0.25) is 16.0 Å². The highest BCUT2D eigenvalue weighted by Gasteiger charge is 2.36. The number of piperazine rings is 1. The second kappa shape index (κ2) is 9.06. The minimum absolute atomic E-state index is 0.0660. The molecule has 2 heterocycles. The van der Waals surface area contributed by atoms with E-state index in [2.05, 4.69) is 24.5 Å². The maximum atomic E-state index is 13.1. The lowest BCUT2D eigenvalue weighted by atomic mass is 10.2. The first-order valence-corrected chi connectivity index (χ1v) is 10.7. The molecule has 0 radical (unpaired) electrons. The molecule has 1 aromatic heterocycles. The zero-order valence-electron chi connectivity index (χ0n) is 15.6. The average molecular weight is 429 g/mol. The van der Waals surface area contributed by atoms with Crippen LogP contribution in [0.2, 0.25) is 0 Å². The van der Waals surface area contributed by atoms with Gasteiger partial charge in [-0.3, -0.25) is 4.90 Å². The maximum Gasteiger partial charge on any atom is 0.417 e. The van der Waals surface area contributed by atoms with E-state index in [1.54, 1.807) is 18.5 Å². The fourth-order valence-corrected chi connectivity index (χ4v) is 4.45. The number of nitrogens with zero attached hydrogens (tertiary/aromatic N) is 4. The van der Waals surface area contributed by atoms with Crippen LogP contribution in [-0.4, -0.2) is 62.6 Å². The van der Waals surface area contributed by atoms with Gasteiger partial charge < -0.3 is 4.90 Å². The summed E-state index contributed by atoms with van der Waals surface area (Å²) < 4.78 is 66.0. The molecule has 1 fully saturated rings. The Morgan fingerprint density at radius 2 is 1.66 bits per heavy atom. The molecule has 0 amide bonds. The van der Waals surface area contributed by atoms with Gasteiger partial charge in [0.15, 0.2) is 0 Å². The van der Waals surface area contributed by atoms with Gasteiger partial charge in [-0.2, -0.15) is 13.2 Å². The Kier molecular flexibility index (Phi) is 6.70. The average Bonchev–Trinajstić information content (AvgIpc) is 2.72. The topological polar surface area (TPSA) is 78.4 Å². The number of anilines is 1. The summed E-state index contributed by atoms with van der Waals surface area (Å²) >= 11 is 0. The van der Waals surface area contributed by atoms with E-state index in [0.717, 1.165) is 38.3 Å². The van der Waals surface area contributed by atoms with Crippen LogP contribution in [0.3, 0.4) is 0 Å². The summed E-state index contributed by atoms with van der Waals surface area (Å²) in [6.07, 6.45) is -0.849. The predicted molar refractivity (Wildman–Crippen MR) is 102 cm³/mol. The van der Waals surface area contributed by atoms with Gasteiger partial charge in [0, 0.05) is 45.1 Å². The van der Waals surface area contributed by atoms with E-state index < -0.39 is 26.7 Å². The molecule has 1 aromatic carbocycles. The van der Waals surface area contributed by atoms with E-state index in [1.165, 1.54) is 12.1 Å². The van der Waals surface area contributed by atoms with Gasteiger partial charge in [-0.05, 0) is 31.2 Å². The van der Waals surface area contributed by atoms with Crippen molar-refractivity contribution in [3.8, 4) is 0 Å². The fraction of sp³-hybridized carbons (Fsp3) is 0.444. The van der Waals surface area contributed by atoms with Crippen LogP contribution in [0.15, 0.2) is 47.6 Å². The Bertz CT molecular complexity index is 901. The third-order valence-electron chi connectivity index (χ3n) is 4.63. The molecular formula is C18H22F3N5O2S. The monoisotopic (exact) mass is 429 g/mol. The van der Waals surface area contributed by atoms with Crippen molar-refractivity contribution in [2.75, 3.05) is 44.2 Å². The highest BCUT2D eigenvalue weighted by atomic mass is 32.2. The summed E-state index contributed by atoms with van der Waals surface area (Å²) in [7, 11) is -4.24. The molecule has 0 aliphatic carbocycles. The summed E-state index contributed by atoms with van der Waals surface area (Å²) in [5, 5.41) is 0. The molecule has 0 spiro atoms. The highest BCUT2D eigenvalue weighted by molar-refractivity contribution is 7.89. The van der Waals surface area contributed by atoms with E-state index >= 15 is 0 Å². The van der Waals surface area contributed by atoms with Gasteiger partial charge in [-0.1, -0.05) is 12.1 Å². The standard InChI is InChI=1S/C18H22F3N5O2S/c19-18(20,21)15-5-1-2-6-16(15)29(27,28)24-9-4-10-25-11-13-26(14-12-25)17-22-7-3-8-23-17/h1-3,5-8,24H,4,9-14H2. The van der Waals surface area contributed by atoms with E-state index in [9.17, 15) is 21.6 Å². The van der Waals surface area contributed by atoms with Gasteiger partial charge in [-0.25, -0.2) is 23.1 Å². The Balaban J connectivity index is 1.47. The molecule has 1 aliphatic heterocycles. The molecule has 0 saturated carbocycles. The minimum atomic E-state index is -4.73. The van der Waals surface area contributed by atoms with Crippen LogP contribution >= 0.6 is 0 Å². The van der Waals surface area contributed by atoms with Crippen molar-refractivity contribution < 1.29 is 21.6 Å². The van der Waals surface area contributed by atoms with Crippen molar-refractivity contribution in [2.45, 2.75) is 17.5 Å². The SMILES string of the molecule is O=S(=O)(NCCCN1CCN(c2ncccn2)CC1)c1ccccc1C(F)(F)F. The predicted octanol–water partition coefficient (Wildman–Crippen LogP) is 1.99. The summed E-state index contributed by atoms with van der Waals surface area (Å²) in [5.41, 5.74) is -1.16. The number of aromatic nitrogens is 2. The maximum absolute atomic E-state index is 13.1. The summed E-state index contributed by atoms with van der Waals surface area (Å²) in [6.45, 7) is 3.79. The highest BCUT2D eigenvalue weighted by Crippen LogP contribution is 2.33. The minimum Gasteiger partial charge on any atom is -0.338 e. The van der Waals surface area contributed by atoms with Crippen LogP contribution in [0.4, 0.5) is 19.1 Å². The lowest BCUT2D eigenvalue weighted by molar-refractivity contribution is -0.139. The van der Waals surface area contributed by atoms with Crippen LogP contribution in [-0.2, 0) is 16.2 Å². The molecule has 1 N–H and O–H groups in total. The first kappa shape index (κ1) is 21.5. The first-order valence-electron chi connectivity index (χ1n) is 9.17. The number of benzene rings is 1. The van der Waals surface area contributed by atoms with Gasteiger partial charge in [-0.15, -0.1) is 0 Å². The Morgan fingerprint density at radius 1 is 1.00 bits per heavy atom. The number of hydrogen-bond acceptors (Lipinski definition) is 6. The summed E-state index contributed by atoms with van der Waals surface area (Å²) in [6, 6.07) is 5.94. The molecule has 11 heteroatoms. The molecule has 1 aliphatic rings. The third-order valence-corrected chi connectivity index (χ3v) is 6.15. The zero-order valence-corrected chi connectivity index (χ0v) is 16.5. The van der Waals surface area contributed by atoms with Gasteiger partial charge >= 0.3 is 6.18 Å². The molecule has 3 rings (SSSR count). The summed E-state index contributed by atoms with van der Waals surface area (Å²) in [5.74, 6) is 0.684. The molecular weight excluding hydrogens is 407 g/mol. The Morgan fingerprint density at radius 3 is 2.31 bits per heavy atom. The van der Waals surface area contributed by atoms with Crippen molar-refractivity contribution in [2.24, 2.45) is 0 Å². The number of rotatable bonds is 7. The second-order valence-electron chi connectivity index (χ2n) is 6.62. The van der Waals surface area contributed by atoms with Crippen molar-refractivity contribution in [3.05, 3.63) is 48.3 Å². The lowest BCUT2D eigenvalue weighted by Gasteiger charge is -2.34. The third kappa shape index (κ3) is 5.64. The van der Waals surface area contributed by atoms with Crippen molar-refractivity contribution >= 4 is 16.0 Å². The number of nitrogens with one attached hydrogen (secondary N) is 1. The number of hydrogen-bond donors (Lipinski definition) is 1. The van der Waals surface area contributed by atoms with Gasteiger partial charge in [0.05, 0.1) is 10.5 Å². The molecule has 1 saturated heterocycles. The van der Waals surface area contributed by atoms with Crippen LogP contribution < -0.4 is 9.62 Å². The second-order valence-corrected chi connectivity index (χ2v) is 8.36. The van der Waals surface area contributed by atoms with E-state index in [4.69, 9.17) is 0 Å². The first-order chi connectivity index (χ1) is 13.8. The zero-order chi connectivity index (χ0) is 20.9. The van der Waals surface area contributed by atoms with E-state index in [1.807, 2.05) is 0 Å². The quantitative estimate of drug-likeness (QED) is 0.679. The van der Waals surface area contributed by atoms with E-state index in [-0.39, 0.29) is 6.54 Å². The molecule has 2 aromatic rings. The molecule has 0 bridgehead atoms. The number of halogens is 3.